The SMILES string of the molecule is CCCCCCCCCCCCCCCCCCCCC(=O)OC[C@H](COC(=O)CCCCCCCCCCCCCCC(C)C)OC(=O)CCCCCCCCCCC(C)C. The lowest BCUT2D eigenvalue weighted by atomic mass is 10.0. The highest BCUT2D eigenvalue weighted by atomic mass is 16.6. The maximum absolute atomic E-state index is 12.8. The molecule has 0 aromatic heterocycles. The van der Waals surface area contributed by atoms with Crippen molar-refractivity contribution >= 4 is 17.9 Å². The predicted molar refractivity (Wildman–Crippen MR) is 266 cm³/mol. The van der Waals surface area contributed by atoms with Gasteiger partial charge in [0.2, 0.25) is 0 Å². The molecule has 0 aliphatic carbocycles. The Morgan fingerprint density at radius 2 is 0.532 bits per heavy atom. The Morgan fingerprint density at radius 1 is 0.306 bits per heavy atom. The molecule has 0 radical (unpaired) electrons. The molecule has 0 saturated carbocycles. The molecule has 0 saturated heterocycles. The van der Waals surface area contributed by atoms with Crippen molar-refractivity contribution in [3.63, 3.8) is 0 Å². The number of rotatable bonds is 50. The van der Waals surface area contributed by atoms with Crippen molar-refractivity contribution in [3.8, 4) is 0 Å². The number of unbranched alkanes of at least 4 members (excludes halogenated alkanes) is 35. The van der Waals surface area contributed by atoms with Gasteiger partial charge in [-0.15, -0.1) is 0 Å². The Kier molecular flexibility index (Phi) is 47.6. The number of hydrogen-bond acceptors (Lipinski definition) is 6. The van der Waals surface area contributed by atoms with E-state index in [0.717, 1.165) is 69.6 Å². The maximum Gasteiger partial charge on any atom is 0.306 e. The Morgan fingerprint density at radius 3 is 0.790 bits per heavy atom. The summed E-state index contributed by atoms with van der Waals surface area (Å²) in [4.78, 5) is 38.0. The van der Waals surface area contributed by atoms with E-state index >= 15 is 0 Å². The van der Waals surface area contributed by atoms with Crippen LogP contribution in [0.2, 0.25) is 0 Å². The highest BCUT2D eigenvalue weighted by molar-refractivity contribution is 5.71. The predicted octanol–water partition coefficient (Wildman–Crippen LogP) is 18.1. The van der Waals surface area contributed by atoms with Gasteiger partial charge in [-0.2, -0.15) is 0 Å². The van der Waals surface area contributed by atoms with Crippen LogP contribution in [-0.4, -0.2) is 37.2 Å². The normalized spacial score (nSPS) is 12.0. The van der Waals surface area contributed by atoms with Crippen LogP contribution in [0.15, 0.2) is 0 Å². The van der Waals surface area contributed by atoms with E-state index < -0.39 is 6.10 Å². The minimum Gasteiger partial charge on any atom is -0.462 e. The van der Waals surface area contributed by atoms with Crippen molar-refractivity contribution < 1.29 is 28.6 Å². The molecular weight excluding hydrogens is 769 g/mol. The maximum atomic E-state index is 12.8. The van der Waals surface area contributed by atoms with E-state index in [0.29, 0.717) is 19.3 Å². The molecule has 0 heterocycles. The van der Waals surface area contributed by atoms with Crippen LogP contribution in [0.1, 0.15) is 311 Å². The highest BCUT2D eigenvalue weighted by Crippen LogP contribution is 2.18. The van der Waals surface area contributed by atoms with Gasteiger partial charge in [-0.05, 0) is 31.1 Å². The molecule has 0 amide bonds. The number of hydrogen-bond donors (Lipinski definition) is 0. The lowest BCUT2D eigenvalue weighted by Crippen LogP contribution is -2.30. The second-order valence-electron chi connectivity index (χ2n) is 20.2. The Balaban J connectivity index is 4.25. The van der Waals surface area contributed by atoms with Crippen molar-refractivity contribution in [2.75, 3.05) is 13.2 Å². The van der Waals surface area contributed by atoms with Crippen molar-refractivity contribution in [3.05, 3.63) is 0 Å². The minimum absolute atomic E-state index is 0.0636. The van der Waals surface area contributed by atoms with Crippen LogP contribution in [0.5, 0.6) is 0 Å². The topological polar surface area (TPSA) is 78.9 Å². The van der Waals surface area contributed by atoms with E-state index in [2.05, 4.69) is 34.6 Å². The average Bonchev–Trinajstić information content (AvgIpc) is 3.24. The first kappa shape index (κ1) is 60.4. The largest absolute Gasteiger partial charge is 0.462 e. The van der Waals surface area contributed by atoms with Crippen LogP contribution in [0.4, 0.5) is 0 Å². The molecule has 0 fully saturated rings. The van der Waals surface area contributed by atoms with Crippen LogP contribution in [0, 0.1) is 11.8 Å². The molecule has 0 rings (SSSR count). The van der Waals surface area contributed by atoms with Crippen LogP contribution in [0.25, 0.3) is 0 Å². The number of carbonyl (C=O) groups is 3. The van der Waals surface area contributed by atoms with Crippen LogP contribution in [0.3, 0.4) is 0 Å². The number of ether oxygens (including phenoxy) is 3. The van der Waals surface area contributed by atoms with Gasteiger partial charge < -0.3 is 14.2 Å². The lowest BCUT2D eigenvalue weighted by Gasteiger charge is -2.18. The summed E-state index contributed by atoms with van der Waals surface area (Å²) in [6.45, 7) is 11.4. The molecule has 0 aliphatic rings. The molecule has 0 aliphatic heterocycles. The third kappa shape index (κ3) is 49.4. The second kappa shape index (κ2) is 48.9. The zero-order valence-corrected chi connectivity index (χ0v) is 42.5. The molecule has 6 nitrogen and oxygen atoms in total. The van der Waals surface area contributed by atoms with Gasteiger partial charge in [-0.1, -0.05) is 272 Å². The molecule has 0 N–H and O–H groups in total. The van der Waals surface area contributed by atoms with E-state index in [9.17, 15) is 14.4 Å². The highest BCUT2D eigenvalue weighted by Gasteiger charge is 2.19. The van der Waals surface area contributed by atoms with E-state index in [1.54, 1.807) is 0 Å². The second-order valence-corrected chi connectivity index (χ2v) is 20.2. The molecule has 0 aromatic carbocycles. The summed E-state index contributed by atoms with van der Waals surface area (Å²) in [6.07, 6.45) is 51.0. The summed E-state index contributed by atoms with van der Waals surface area (Å²) in [5, 5.41) is 0. The van der Waals surface area contributed by atoms with Gasteiger partial charge >= 0.3 is 17.9 Å². The zero-order valence-electron chi connectivity index (χ0n) is 42.5. The number of esters is 3. The number of carbonyl (C=O) groups excluding carboxylic acids is 3. The third-order valence-corrected chi connectivity index (χ3v) is 12.7. The molecule has 0 aromatic rings. The van der Waals surface area contributed by atoms with Gasteiger partial charge in [0.05, 0.1) is 0 Å². The average molecular weight is 877 g/mol. The van der Waals surface area contributed by atoms with Gasteiger partial charge in [0.15, 0.2) is 6.10 Å². The lowest BCUT2D eigenvalue weighted by molar-refractivity contribution is -0.167. The first-order chi connectivity index (χ1) is 30.2. The fourth-order valence-corrected chi connectivity index (χ4v) is 8.52. The first-order valence-electron chi connectivity index (χ1n) is 27.7. The molecule has 0 spiro atoms. The summed E-state index contributed by atoms with van der Waals surface area (Å²) in [5.41, 5.74) is 0. The van der Waals surface area contributed by atoms with E-state index in [1.165, 1.54) is 199 Å². The van der Waals surface area contributed by atoms with Crippen LogP contribution in [-0.2, 0) is 28.6 Å². The molecule has 1 atom stereocenters. The summed E-state index contributed by atoms with van der Waals surface area (Å²) < 4.78 is 16.8. The van der Waals surface area contributed by atoms with E-state index in [1.807, 2.05) is 0 Å². The third-order valence-electron chi connectivity index (χ3n) is 12.7. The fraction of sp³-hybridized carbons (Fsp3) is 0.946. The Hall–Kier alpha value is -1.59. The van der Waals surface area contributed by atoms with E-state index in [-0.39, 0.29) is 31.1 Å². The summed E-state index contributed by atoms with van der Waals surface area (Å²) in [5.74, 6) is 0.781. The monoisotopic (exact) mass is 877 g/mol. The van der Waals surface area contributed by atoms with Gasteiger partial charge in [0.1, 0.15) is 13.2 Å². The Bertz CT molecular complexity index is 947. The molecule has 62 heavy (non-hydrogen) atoms. The summed E-state index contributed by atoms with van der Waals surface area (Å²) in [6, 6.07) is 0. The van der Waals surface area contributed by atoms with Gasteiger partial charge in [-0.25, -0.2) is 0 Å². The summed E-state index contributed by atoms with van der Waals surface area (Å²) in [7, 11) is 0. The van der Waals surface area contributed by atoms with Gasteiger partial charge in [0, 0.05) is 19.3 Å². The molecular formula is C56H108O6. The standard InChI is InChI=1S/C56H108O6/c1-6-7-8-9-10-11-12-13-14-15-16-17-18-22-25-31-36-41-46-54(57)60-49-53(62-56(59)48-43-38-33-28-27-30-35-40-45-52(4)5)50-61-55(58)47-42-37-32-26-23-20-19-21-24-29-34-39-44-51(2)3/h51-53H,6-50H2,1-5H3/t53-/m1/s1. The quantitative estimate of drug-likeness (QED) is 0.0344. The molecule has 368 valence electrons. The van der Waals surface area contributed by atoms with Crippen molar-refractivity contribution in [2.24, 2.45) is 11.8 Å². The Labute approximate surface area is 387 Å². The molecule has 0 bridgehead atoms. The van der Waals surface area contributed by atoms with Crippen LogP contribution < -0.4 is 0 Å². The fourth-order valence-electron chi connectivity index (χ4n) is 8.52. The van der Waals surface area contributed by atoms with Crippen LogP contribution >= 0.6 is 0 Å². The van der Waals surface area contributed by atoms with Crippen molar-refractivity contribution in [1.82, 2.24) is 0 Å². The minimum atomic E-state index is -0.762. The molecule has 0 unspecified atom stereocenters. The molecule has 6 heteroatoms. The van der Waals surface area contributed by atoms with E-state index in [4.69, 9.17) is 14.2 Å². The smallest absolute Gasteiger partial charge is 0.306 e. The zero-order chi connectivity index (χ0) is 45.4. The summed E-state index contributed by atoms with van der Waals surface area (Å²) >= 11 is 0. The van der Waals surface area contributed by atoms with Crippen molar-refractivity contribution in [2.45, 2.75) is 317 Å². The van der Waals surface area contributed by atoms with Gasteiger partial charge in [-0.3, -0.25) is 14.4 Å². The first-order valence-corrected chi connectivity index (χ1v) is 27.7. The van der Waals surface area contributed by atoms with Crippen molar-refractivity contribution in [1.29, 1.82) is 0 Å². The van der Waals surface area contributed by atoms with Gasteiger partial charge in [0.25, 0.3) is 0 Å².